The maximum atomic E-state index is 10.9. The number of hydrogen-bond donors (Lipinski definition) is 0. The van der Waals surface area contributed by atoms with Crippen LogP contribution in [-0.2, 0) is 14.3 Å². The van der Waals surface area contributed by atoms with Gasteiger partial charge in [-0.25, -0.2) is 0 Å². The first-order valence-corrected chi connectivity index (χ1v) is 3.91. The Bertz CT molecular complexity index is 145. The van der Waals surface area contributed by atoms with Gasteiger partial charge < -0.3 is 9.47 Å². The van der Waals surface area contributed by atoms with E-state index in [1.165, 1.54) is 0 Å². The number of ether oxygens (including phenoxy) is 2. The minimum atomic E-state index is -0.256. The molecule has 1 fully saturated rings. The second kappa shape index (κ2) is 3.32. The molecule has 1 rings (SSSR count). The average Bonchev–Trinajstić information content (AvgIpc) is 1.85. The van der Waals surface area contributed by atoms with Crippen LogP contribution < -0.4 is 0 Å². The molecular formula is C8H14O3. The smallest absolute Gasteiger partial charge is 0.158 e. The number of carbonyl (C=O) groups excluding carboxylic acids is 1. The summed E-state index contributed by atoms with van der Waals surface area (Å²) < 4.78 is 10.5. The summed E-state index contributed by atoms with van der Waals surface area (Å²) in [6, 6.07) is 0. The lowest BCUT2D eigenvalue weighted by molar-refractivity contribution is -0.226. The standard InChI is InChI=1S/C8H14O3/c1-5-4-8(6(2)9)11-7(3)10-5/h5,7-8H,4H2,1-3H3. The Hall–Kier alpha value is -0.410. The van der Waals surface area contributed by atoms with Crippen molar-refractivity contribution in [2.45, 2.75) is 45.7 Å². The van der Waals surface area contributed by atoms with Gasteiger partial charge in [-0.3, -0.25) is 4.79 Å². The van der Waals surface area contributed by atoms with Crippen LogP contribution in [0.4, 0.5) is 0 Å². The SMILES string of the molecule is CC(=O)C1CC(C)OC(C)O1. The summed E-state index contributed by atoms with van der Waals surface area (Å²) in [4.78, 5) is 10.9. The third-order valence-electron chi connectivity index (χ3n) is 1.78. The highest BCUT2D eigenvalue weighted by Gasteiger charge is 2.27. The summed E-state index contributed by atoms with van der Waals surface area (Å²) in [7, 11) is 0. The van der Waals surface area contributed by atoms with Gasteiger partial charge in [-0.05, 0) is 20.8 Å². The monoisotopic (exact) mass is 158 g/mol. The number of Topliss-reactive ketones (excluding diaryl/α,β-unsaturated/α-hetero) is 1. The van der Waals surface area contributed by atoms with Crippen LogP contribution in [0.25, 0.3) is 0 Å². The van der Waals surface area contributed by atoms with Gasteiger partial charge in [0.2, 0.25) is 0 Å². The highest BCUT2D eigenvalue weighted by molar-refractivity contribution is 5.80. The first-order chi connectivity index (χ1) is 5.09. The van der Waals surface area contributed by atoms with Crippen molar-refractivity contribution < 1.29 is 14.3 Å². The lowest BCUT2D eigenvalue weighted by Crippen LogP contribution is -2.38. The lowest BCUT2D eigenvalue weighted by Gasteiger charge is -2.30. The van der Waals surface area contributed by atoms with Crippen LogP contribution in [0, 0.1) is 0 Å². The predicted octanol–water partition coefficient (Wildman–Crippen LogP) is 1.12. The van der Waals surface area contributed by atoms with Gasteiger partial charge in [0.15, 0.2) is 12.1 Å². The highest BCUT2D eigenvalue weighted by atomic mass is 16.7. The molecule has 3 heteroatoms. The molecule has 0 amide bonds. The van der Waals surface area contributed by atoms with Crippen molar-refractivity contribution in [1.82, 2.24) is 0 Å². The van der Waals surface area contributed by atoms with E-state index in [9.17, 15) is 4.79 Å². The summed E-state index contributed by atoms with van der Waals surface area (Å²) in [6.45, 7) is 5.32. The number of carbonyl (C=O) groups is 1. The zero-order valence-electron chi connectivity index (χ0n) is 7.16. The minimum Gasteiger partial charge on any atom is -0.350 e. The molecule has 1 saturated heterocycles. The molecule has 1 heterocycles. The van der Waals surface area contributed by atoms with E-state index in [1.54, 1.807) is 6.92 Å². The van der Waals surface area contributed by atoms with Crippen molar-refractivity contribution >= 4 is 5.78 Å². The normalized spacial score (nSPS) is 38.6. The van der Waals surface area contributed by atoms with E-state index in [-0.39, 0.29) is 24.3 Å². The quantitative estimate of drug-likeness (QED) is 0.573. The summed E-state index contributed by atoms with van der Waals surface area (Å²) in [6.07, 6.45) is 0.314. The maximum absolute atomic E-state index is 10.9. The Morgan fingerprint density at radius 3 is 2.45 bits per heavy atom. The van der Waals surface area contributed by atoms with Crippen molar-refractivity contribution in [1.29, 1.82) is 0 Å². The molecule has 64 valence electrons. The largest absolute Gasteiger partial charge is 0.350 e. The summed E-state index contributed by atoms with van der Waals surface area (Å²) >= 11 is 0. The fraction of sp³-hybridized carbons (Fsp3) is 0.875. The van der Waals surface area contributed by atoms with Gasteiger partial charge in [0.1, 0.15) is 6.10 Å². The highest BCUT2D eigenvalue weighted by Crippen LogP contribution is 2.18. The predicted molar refractivity (Wildman–Crippen MR) is 40.2 cm³/mol. The minimum absolute atomic E-state index is 0.0898. The topological polar surface area (TPSA) is 35.5 Å². The van der Waals surface area contributed by atoms with E-state index in [4.69, 9.17) is 9.47 Å². The first-order valence-electron chi connectivity index (χ1n) is 3.91. The van der Waals surface area contributed by atoms with E-state index in [1.807, 2.05) is 13.8 Å². The average molecular weight is 158 g/mol. The molecule has 0 saturated carbocycles. The van der Waals surface area contributed by atoms with Crippen molar-refractivity contribution in [2.24, 2.45) is 0 Å². The molecule has 0 N–H and O–H groups in total. The van der Waals surface area contributed by atoms with Crippen molar-refractivity contribution in [3.63, 3.8) is 0 Å². The number of rotatable bonds is 1. The fourth-order valence-electron chi connectivity index (χ4n) is 1.26. The van der Waals surface area contributed by atoms with Crippen LogP contribution in [0.1, 0.15) is 27.2 Å². The number of ketones is 1. The van der Waals surface area contributed by atoms with Gasteiger partial charge in [0.05, 0.1) is 6.10 Å². The lowest BCUT2D eigenvalue weighted by atomic mass is 10.1. The second-order valence-corrected chi connectivity index (χ2v) is 2.99. The molecule has 1 aliphatic rings. The van der Waals surface area contributed by atoms with Crippen LogP contribution in [0.15, 0.2) is 0 Å². The van der Waals surface area contributed by atoms with Gasteiger partial charge in [0.25, 0.3) is 0 Å². The van der Waals surface area contributed by atoms with Crippen LogP contribution in [-0.4, -0.2) is 24.3 Å². The second-order valence-electron chi connectivity index (χ2n) is 2.99. The zero-order chi connectivity index (χ0) is 8.43. The molecule has 3 nitrogen and oxygen atoms in total. The fourth-order valence-corrected chi connectivity index (χ4v) is 1.26. The summed E-state index contributed by atoms with van der Waals surface area (Å²) in [5, 5.41) is 0. The van der Waals surface area contributed by atoms with Crippen LogP contribution >= 0.6 is 0 Å². The molecule has 11 heavy (non-hydrogen) atoms. The first kappa shape index (κ1) is 8.68. The van der Waals surface area contributed by atoms with Gasteiger partial charge in [-0.2, -0.15) is 0 Å². The molecular weight excluding hydrogens is 144 g/mol. The van der Waals surface area contributed by atoms with Crippen LogP contribution in [0.5, 0.6) is 0 Å². The molecule has 0 aliphatic carbocycles. The van der Waals surface area contributed by atoms with Gasteiger partial charge in [0, 0.05) is 6.42 Å². The van der Waals surface area contributed by atoms with E-state index >= 15 is 0 Å². The van der Waals surface area contributed by atoms with Gasteiger partial charge in [-0.15, -0.1) is 0 Å². The molecule has 0 aromatic heterocycles. The zero-order valence-corrected chi connectivity index (χ0v) is 7.16. The van der Waals surface area contributed by atoms with E-state index in [0.717, 1.165) is 0 Å². The molecule has 0 spiro atoms. The molecule has 0 aromatic carbocycles. The Morgan fingerprint density at radius 1 is 1.36 bits per heavy atom. The van der Waals surface area contributed by atoms with Crippen molar-refractivity contribution in [3.05, 3.63) is 0 Å². The summed E-state index contributed by atoms with van der Waals surface area (Å²) in [5.74, 6) is 0.0898. The summed E-state index contributed by atoms with van der Waals surface area (Å²) in [5.41, 5.74) is 0. The molecule has 1 aliphatic heterocycles. The van der Waals surface area contributed by atoms with Crippen molar-refractivity contribution in [3.8, 4) is 0 Å². The Kier molecular flexibility index (Phi) is 2.62. The molecule has 0 aromatic rings. The Balaban J connectivity index is 2.49. The maximum Gasteiger partial charge on any atom is 0.158 e. The van der Waals surface area contributed by atoms with Crippen molar-refractivity contribution in [2.75, 3.05) is 0 Å². The molecule has 3 atom stereocenters. The van der Waals surface area contributed by atoms with Crippen LogP contribution in [0.3, 0.4) is 0 Å². The third kappa shape index (κ3) is 2.27. The van der Waals surface area contributed by atoms with E-state index in [0.29, 0.717) is 6.42 Å². The molecule has 0 radical (unpaired) electrons. The number of hydrogen-bond acceptors (Lipinski definition) is 3. The third-order valence-corrected chi connectivity index (χ3v) is 1.78. The van der Waals surface area contributed by atoms with Gasteiger partial charge >= 0.3 is 0 Å². The van der Waals surface area contributed by atoms with Crippen LogP contribution in [0.2, 0.25) is 0 Å². The Morgan fingerprint density at radius 2 is 2.00 bits per heavy atom. The molecule has 3 unspecified atom stereocenters. The van der Waals surface area contributed by atoms with E-state index < -0.39 is 0 Å². The molecule has 0 bridgehead atoms. The van der Waals surface area contributed by atoms with E-state index in [2.05, 4.69) is 0 Å². The van der Waals surface area contributed by atoms with Gasteiger partial charge in [-0.1, -0.05) is 0 Å². The Labute approximate surface area is 66.7 Å².